The van der Waals surface area contributed by atoms with Gasteiger partial charge in [-0.15, -0.1) is 0 Å². The van der Waals surface area contributed by atoms with Crippen molar-refractivity contribution < 1.29 is 14.7 Å². The van der Waals surface area contributed by atoms with E-state index in [-0.39, 0.29) is 18.4 Å². The number of nitrogens with one attached hydrogen (secondary N) is 1. The monoisotopic (exact) mass is 338 g/mol. The highest BCUT2D eigenvalue weighted by Gasteiger charge is 2.24. The Morgan fingerprint density at radius 3 is 2.46 bits per heavy atom. The van der Waals surface area contributed by atoms with Gasteiger partial charge in [0.15, 0.2) is 0 Å². The third-order valence-electron chi connectivity index (χ3n) is 5.43. The maximum atomic E-state index is 12.4. The summed E-state index contributed by atoms with van der Waals surface area (Å²) in [4.78, 5) is 26.4. The van der Waals surface area contributed by atoms with Crippen molar-refractivity contribution in [1.29, 1.82) is 0 Å². The molecule has 2 rings (SSSR count). The fourth-order valence-corrected chi connectivity index (χ4v) is 4.01. The van der Waals surface area contributed by atoms with Gasteiger partial charge in [0.25, 0.3) is 0 Å². The Balaban J connectivity index is 1.66. The van der Waals surface area contributed by atoms with E-state index in [1.807, 2.05) is 4.90 Å². The zero-order valence-electron chi connectivity index (χ0n) is 15.0. The Bertz CT molecular complexity index is 392. The molecule has 0 radical (unpaired) electrons. The van der Waals surface area contributed by atoms with E-state index in [9.17, 15) is 9.59 Å². The molecule has 1 aliphatic heterocycles. The summed E-state index contributed by atoms with van der Waals surface area (Å²) in [6, 6.07) is 0.313. The topological polar surface area (TPSA) is 69.6 Å². The van der Waals surface area contributed by atoms with Crippen LogP contribution in [-0.4, -0.2) is 47.6 Å². The molecule has 2 N–H and O–H groups in total. The summed E-state index contributed by atoms with van der Waals surface area (Å²) >= 11 is 0. The minimum absolute atomic E-state index is 0.0316. The summed E-state index contributed by atoms with van der Waals surface area (Å²) in [6.07, 6.45) is 11.7. The van der Waals surface area contributed by atoms with Crippen LogP contribution in [0.4, 0.5) is 0 Å². The molecule has 5 nitrogen and oxygen atoms in total. The standard InChI is InChI=1S/C19H34N2O3/c22-14-6-8-16-7-5-13-21(15-16)19(24)12-11-18(23)20-17-9-3-1-2-4-10-17/h16-17,22H,1-15H2,(H,20,23)/t16-/m0/s1. The lowest BCUT2D eigenvalue weighted by molar-refractivity contribution is -0.135. The van der Waals surface area contributed by atoms with Gasteiger partial charge in [-0.3, -0.25) is 9.59 Å². The number of likely N-dealkylation sites (tertiary alicyclic amines) is 1. The second kappa shape index (κ2) is 10.7. The summed E-state index contributed by atoms with van der Waals surface area (Å²) in [5.41, 5.74) is 0. The molecule has 2 fully saturated rings. The van der Waals surface area contributed by atoms with Crippen LogP contribution >= 0.6 is 0 Å². The maximum absolute atomic E-state index is 12.4. The van der Waals surface area contributed by atoms with E-state index in [1.54, 1.807) is 0 Å². The van der Waals surface area contributed by atoms with Crippen LogP contribution in [0.5, 0.6) is 0 Å². The van der Waals surface area contributed by atoms with Gasteiger partial charge in [-0.1, -0.05) is 25.7 Å². The quantitative estimate of drug-likeness (QED) is 0.701. The van der Waals surface area contributed by atoms with E-state index in [2.05, 4.69) is 5.32 Å². The fraction of sp³-hybridized carbons (Fsp3) is 0.895. The lowest BCUT2D eigenvalue weighted by Crippen LogP contribution is -2.41. The summed E-state index contributed by atoms with van der Waals surface area (Å²) in [6.45, 7) is 1.84. The number of aliphatic hydroxyl groups is 1. The molecule has 0 spiro atoms. The van der Waals surface area contributed by atoms with Gasteiger partial charge in [0.05, 0.1) is 0 Å². The summed E-state index contributed by atoms with van der Waals surface area (Å²) < 4.78 is 0. The van der Waals surface area contributed by atoms with Gasteiger partial charge in [-0.05, 0) is 44.4 Å². The zero-order chi connectivity index (χ0) is 17.2. The average Bonchev–Trinajstić information content (AvgIpc) is 2.86. The smallest absolute Gasteiger partial charge is 0.223 e. The number of amides is 2. The van der Waals surface area contributed by atoms with Gasteiger partial charge in [-0.25, -0.2) is 0 Å². The van der Waals surface area contributed by atoms with Crippen molar-refractivity contribution >= 4 is 11.8 Å². The minimum atomic E-state index is 0.0316. The Kier molecular flexibility index (Phi) is 8.57. The normalized spacial score (nSPS) is 22.9. The lowest BCUT2D eigenvalue weighted by Gasteiger charge is -2.33. The molecule has 24 heavy (non-hydrogen) atoms. The number of carbonyl (C=O) groups excluding carboxylic acids is 2. The van der Waals surface area contributed by atoms with Crippen LogP contribution in [0.1, 0.15) is 77.0 Å². The van der Waals surface area contributed by atoms with Crippen LogP contribution in [0.25, 0.3) is 0 Å². The lowest BCUT2D eigenvalue weighted by atomic mass is 9.93. The molecule has 0 aromatic heterocycles. The van der Waals surface area contributed by atoms with E-state index in [0.717, 1.165) is 51.6 Å². The molecule has 0 aromatic carbocycles. The van der Waals surface area contributed by atoms with Gasteiger partial charge in [0.1, 0.15) is 0 Å². The third kappa shape index (κ3) is 6.80. The van der Waals surface area contributed by atoms with Crippen LogP contribution in [-0.2, 0) is 9.59 Å². The molecule has 1 saturated carbocycles. The van der Waals surface area contributed by atoms with Crippen LogP contribution in [0.2, 0.25) is 0 Å². The van der Waals surface area contributed by atoms with E-state index < -0.39 is 0 Å². The molecule has 2 amide bonds. The highest BCUT2D eigenvalue weighted by atomic mass is 16.3. The predicted octanol–water partition coefficient (Wildman–Crippen LogP) is 2.62. The maximum Gasteiger partial charge on any atom is 0.223 e. The van der Waals surface area contributed by atoms with Crippen LogP contribution in [0.15, 0.2) is 0 Å². The Hall–Kier alpha value is -1.10. The first kappa shape index (κ1) is 19.2. The van der Waals surface area contributed by atoms with Crippen molar-refractivity contribution in [2.45, 2.75) is 83.1 Å². The Morgan fingerprint density at radius 1 is 1.00 bits per heavy atom. The van der Waals surface area contributed by atoms with Gasteiger partial charge < -0.3 is 15.3 Å². The van der Waals surface area contributed by atoms with Crippen molar-refractivity contribution in [2.24, 2.45) is 5.92 Å². The zero-order valence-corrected chi connectivity index (χ0v) is 15.0. The van der Waals surface area contributed by atoms with Crippen LogP contribution < -0.4 is 5.32 Å². The van der Waals surface area contributed by atoms with Crippen molar-refractivity contribution in [3.63, 3.8) is 0 Å². The second-order valence-corrected chi connectivity index (χ2v) is 7.47. The first-order valence-corrected chi connectivity index (χ1v) is 9.87. The summed E-state index contributed by atoms with van der Waals surface area (Å²) in [5.74, 6) is 0.651. The highest BCUT2D eigenvalue weighted by molar-refractivity contribution is 5.84. The molecule has 1 aliphatic carbocycles. The van der Waals surface area contributed by atoms with Gasteiger partial charge in [-0.2, -0.15) is 0 Å². The third-order valence-corrected chi connectivity index (χ3v) is 5.43. The Morgan fingerprint density at radius 2 is 1.75 bits per heavy atom. The van der Waals surface area contributed by atoms with Crippen molar-refractivity contribution in [3.8, 4) is 0 Å². The number of aliphatic hydroxyl groups excluding tert-OH is 1. The fourth-order valence-electron chi connectivity index (χ4n) is 4.01. The summed E-state index contributed by atoms with van der Waals surface area (Å²) in [7, 11) is 0. The van der Waals surface area contributed by atoms with Crippen molar-refractivity contribution in [2.75, 3.05) is 19.7 Å². The van der Waals surface area contributed by atoms with Crippen molar-refractivity contribution in [1.82, 2.24) is 10.2 Å². The molecule has 138 valence electrons. The summed E-state index contributed by atoms with van der Waals surface area (Å²) in [5, 5.41) is 12.1. The van der Waals surface area contributed by atoms with Gasteiger partial charge >= 0.3 is 0 Å². The molecule has 0 aromatic rings. The number of rotatable bonds is 7. The molecule has 2 aliphatic rings. The van der Waals surface area contributed by atoms with Crippen LogP contribution in [0, 0.1) is 5.92 Å². The van der Waals surface area contributed by atoms with E-state index in [4.69, 9.17) is 5.11 Å². The van der Waals surface area contributed by atoms with Crippen LogP contribution in [0.3, 0.4) is 0 Å². The molecular formula is C19H34N2O3. The highest BCUT2D eigenvalue weighted by Crippen LogP contribution is 2.22. The predicted molar refractivity (Wildman–Crippen MR) is 94.5 cm³/mol. The number of carbonyl (C=O) groups is 2. The van der Waals surface area contributed by atoms with Gasteiger partial charge in [0, 0.05) is 38.6 Å². The molecule has 1 saturated heterocycles. The first-order valence-electron chi connectivity index (χ1n) is 9.87. The molecular weight excluding hydrogens is 304 g/mol. The van der Waals surface area contributed by atoms with E-state index >= 15 is 0 Å². The number of hydrogen-bond acceptors (Lipinski definition) is 3. The second-order valence-electron chi connectivity index (χ2n) is 7.47. The molecule has 0 unspecified atom stereocenters. The average molecular weight is 338 g/mol. The van der Waals surface area contributed by atoms with E-state index in [1.165, 1.54) is 25.7 Å². The number of piperidine rings is 1. The number of hydrogen-bond donors (Lipinski definition) is 2. The largest absolute Gasteiger partial charge is 0.396 e. The van der Waals surface area contributed by atoms with Gasteiger partial charge in [0.2, 0.25) is 11.8 Å². The molecule has 5 heteroatoms. The number of nitrogens with zero attached hydrogens (tertiary/aromatic N) is 1. The minimum Gasteiger partial charge on any atom is -0.396 e. The molecule has 1 atom stereocenters. The first-order chi connectivity index (χ1) is 11.7. The SMILES string of the molecule is O=C(CCC(=O)N1CCC[C@@H](CCCO)C1)NC1CCCCCC1. The molecule has 1 heterocycles. The molecule has 0 bridgehead atoms. The van der Waals surface area contributed by atoms with E-state index in [0.29, 0.717) is 24.8 Å². The van der Waals surface area contributed by atoms with Crippen molar-refractivity contribution in [3.05, 3.63) is 0 Å². The Labute approximate surface area is 146 Å².